The summed E-state index contributed by atoms with van der Waals surface area (Å²) >= 11 is 1.41. The van der Waals surface area contributed by atoms with Crippen molar-refractivity contribution in [2.45, 2.75) is 33.8 Å². The van der Waals surface area contributed by atoms with Gasteiger partial charge in [0.2, 0.25) is 0 Å². The van der Waals surface area contributed by atoms with Crippen LogP contribution in [0.2, 0.25) is 0 Å². The van der Waals surface area contributed by atoms with Gasteiger partial charge in [-0.3, -0.25) is 9.59 Å². The normalized spacial score (nSPS) is 14.5. The second-order valence-corrected chi connectivity index (χ2v) is 7.83. The molecule has 1 aliphatic heterocycles. The second-order valence-electron chi connectivity index (χ2n) is 6.56. The zero-order valence-electron chi connectivity index (χ0n) is 16.0. The molecular weight excluding hydrogens is 358 g/mol. The van der Waals surface area contributed by atoms with Gasteiger partial charge in [0, 0.05) is 0 Å². The lowest BCUT2D eigenvalue weighted by molar-refractivity contribution is -0.119. The number of ether oxygens (including phenoxy) is 1. The molecule has 1 aliphatic rings. The third-order valence-electron chi connectivity index (χ3n) is 4.20. The number of hydrogen-bond donors (Lipinski definition) is 0. The van der Waals surface area contributed by atoms with Gasteiger partial charge >= 0.3 is 0 Å². The Kier molecular flexibility index (Phi) is 5.71. The number of nitrogens with zero attached hydrogens (tertiary/aromatic N) is 1. The Bertz CT molecular complexity index is 900. The van der Waals surface area contributed by atoms with Crippen LogP contribution in [0.3, 0.4) is 0 Å². The van der Waals surface area contributed by atoms with Gasteiger partial charge < -0.3 is 4.74 Å². The molecule has 3 rings (SSSR count). The Morgan fingerprint density at radius 3 is 2.26 bits per heavy atom. The molecule has 5 heteroatoms. The molecule has 0 spiro atoms. The number of para-hydroxylation sites is 1. The minimum Gasteiger partial charge on any atom is -0.491 e. The van der Waals surface area contributed by atoms with Crippen molar-refractivity contribution in [3.05, 3.63) is 64.6 Å². The van der Waals surface area contributed by atoms with E-state index in [1.54, 1.807) is 0 Å². The van der Waals surface area contributed by atoms with Crippen LogP contribution in [0.4, 0.5) is 5.69 Å². The standard InChI is InChI=1S/C22H23NO3S/c1-5-27-20-19(16-10-12-17(13-11-16)26-14(2)3)21(24)23(22(20)25)18-9-7-6-8-15(18)4/h6-14H,5H2,1-4H3. The molecule has 2 aromatic carbocycles. The Morgan fingerprint density at radius 1 is 1.00 bits per heavy atom. The number of imide groups is 1. The molecule has 4 nitrogen and oxygen atoms in total. The van der Waals surface area contributed by atoms with Crippen molar-refractivity contribution >= 4 is 34.8 Å². The quantitative estimate of drug-likeness (QED) is 0.673. The predicted octanol–water partition coefficient (Wildman–Crippen LogP) is 4.82. The minimum atomic E-state index is -0.275. The Labute approximate surface area is 164 Å². The van der Waals surface area contributed by atoms with Crippen molar-refractivity contribution in [1.82, 2.24) is 0 Å². The first kappa shape index (κ1) is 19.2. The fourth-order valence-electron chi connectivity index (χ4n) is 3.05. The van der Waals surface area contributed by atoms with Crippen LogP contribution in [-0.4, -0.2) is 23.7 Å². The van der Waals surface area contributed by atoms with Crippen LogP contribution in [0.1, 0.15) is 31.9 Å². The molecule has 0 unspecified atom stereocenters. The largest absolute Gasteiger partial charge is 0.491 e. The summed E-state index contributed by atoms with van der Waals surface area (Å²) in [7, 11) is 0. The highest BCUT2D eigenvalue weighted by Crippen LogP contribution is 2.39. The number of carbonyl (C=O) groups excluding carboxylic acids is 2. The van der Waals surface area contributed by atoms with Gasteiger partial charge in [0.25, 0.3) is 11.8 Å². The molecule has 27 heavy (non-hydrogen) atoms. The van der Waals surface area contributed by atoms with Crippen molar-refractivity contribution in [2.24, 2.45) is 0 Å². The summed E-state index contributed by atoms with van der Waals surface area (Å²) in [6, 6.07) is 14.8. The molecular formula is C22H23NO3S. The number of thioether (sulfide) groups is 1. The number of anilines is 1. The lowest BCUT2D eigenvalue weighted by Gasteiger charge is -2.17. The van der Waals surface area contributed by atoms with Gasteiger partial charge in [0.15, 0.2) is 0 Å². The van der Waals surface area contributed by atoms with Crippen LogP contribution in [0.25, 0.3) is 5.57 Å². The molecule has 0 saturated carbocycles. The Hall–Kier alpha value is -2.53. The molecule has 0 atom stereocenters. The van der Waals surface area contributed by atoms with Crippen LogP contribution in [0.15, 0.2) is 53.4 Å². The summed E-state index contributed by atoms with van der Waals surface area (Å²) < 4.78 is 5.68. The number of aryl methyl sites for hydroxylation is 1. The topological polar surface area (TPSA) is 46.6 Å². The smallest absolute Gasteiger partial charge is 0.272 e. The lowest BCUT2D eigenvalue weighted by atomic mass is 10.1. The van der Waals surface area contributed by atoms with E-state index in [0.29, 0.717) is 21.9 Å². The van der Waals surface area contributed by atoms with Crippen molar-refractivity contribution < 1.29 is 14.3 Å². The fourth-order valence-corrected chi connectivity index (χ4v) is 3.90. The highest BCUT2D eigenvalue weighted by molar-refractivity contribution is 8.04. The van der Waals surface area contributed by atoms with E-state index in [1.807, 2.05) is 76.2 Å². The van der Waals surface area contributed by atoms with E-state index < -0.39 is 0 Å². The molecule has 0 aliphatic carbocycles. The molecule has 0 fully saturated rings. The average molecular weight is 381 g/mol. The summed E-state index contributed by atoms with van der Waals surface area (Å²) in [6.45, 7) is 7.80. The number of amides is 2. The van der Waals surface area contributed by atoms with Crippen LogP contribution in [0, 0.1) is 6.92 Å². The van der Waals surface area contributed by atoms with E-state index in [1.165, 1.54) is 16.7 Å². The van der Waals surface area contributed by atoms with Gasteiger partial charge in [-0.15, -0.1) is 11.8 Å². The van der Waals surface area contributed by atoms with Gasteiger partial charge in [-0.1, -0.05) is 37.3 Å². The zero-order valence-corrected chi connectivity index (χ0v) is 16.8. The molecule has 0 radical (unpaired) electrons. The van der Waals surface area contributed by atoms with Crippen LogP contribution >= 0.6 is 11.8 Å². The number of carbonyl (C=O) groups is 2. The van der Waals surface area contributed by atoms with E-state index in [0.717, 1.165) is 16.9 Å². The first-order chi connectivity index (χ1) is 12.9. The SMILES string of the molecule is CCSC1=C(c2ccc(OC(C)C)cc2)C(=O)N(c2ccccc2C)C1=O. The van der Waals surface area contributed by atoms with E-state index in [4.69, 9.17) is 4.74 Å². The van der Waals surface area contributed by atoms with Crippen molar-refractivity contribution in [3.63, 3.8) is 0 Å². The number of rotatable bonds is 6. The maximum atomic E-state index is 13.2. The maximum Gasteiger partial charge on any atom is 0.272 e. The van der Waals surface area contributed by atoms with Gasteiger partial charge in [-0.2, -0.15) is 0 Å². The summed E-state index contributed by atoms with van der Waals surface area (Å²) in [6.07, 6.45) is 0.0764. The number of hydrogen-bond acceptors (Lipinski definition) is 4. The minimum absolute atomic E-state index is 0.0764. The summed E-state index contributed by atoms with van der Waals surface area (Å²) in [4.78, 5) is 28.1. The van der Waals surface area contributed by atoms with E-state index >= 15 is 0 Å². The molecule has 0 aromatic heterocycles. The Balaban J connectivity index is 2.02. The average Bonchev–Trinajstić information content (AvgIpc) is 2.87. The molecule has 140 valence electrons. The second kappa shape index (κ2) is 8.01. The van der Waals surface area contributed by atoms with Crippen molar-refractivity contribution in [2.75, 3.05) is 10.7 Å². The van der Waals surface area contributed by atoms with Crippen LogP contribution in [-0.2, 0) is 9.59 Å². The Morgan fingerprint density at radius 2 is 1.67 bits per heavy atom. The predicted molar refractivity (Wildman–Crippen MR) is 111 cm³/mol. The molecule has 0 saturated heterocycles. The van der Waals surface area contributed by atoms with Gasteiger partial charge in [-0.25, -0.2) is 4.90 Å². The highest BCUT2D eigenvalue weighted by atomic mass is 32.2. The molecule has 1 heterocycles. The van der Waals surface area contributed by atoms with Crippen LogP contribution in [0.5, 0.6) is 5.75 Å². The van der Waals surface area contributed by atoms with E-state index in [-0.39, 0.29) is 17.9 Å². The molecule has 2 amide bonds. The molecule has 2 aromatic rings. The monoisotopic (exact) mass is 381 g/mol. The van der Waals surface area contributed by atoms with Crippen LogP contribution < -0.4 is 9.64 Å². The first-order valence-corrected chi connectivity index (χ1v) is 10.0. The van der Waals surface area contributed by atoms with E-state index in [2.05, 4.69) is 0 Å². The van der Waals surface area contributed by atoms with Gasteiger partial charge in [0.05, 0.1) is 22.3 Å². The van der Waals surface area contributed by atoms with Crippen molar-refractivity contribution in [3.8, 4) is 5.75 Å². The summed E-state index contributed by atoms with van der Waals surface area (Å²) in [5.41, 5.74) is 2.72. The molecule has 0 bridgehead atoms. The first-order valence-electron chi connectivity index (χ1n) is 9.02. The van der Waals surface area contributed by atoms with Gasteiger partial charge in [-0.05, 0) is 55.9 Å². The molecule has 0 N–H and O–H groups in total. The van der Waals surface area contributed by atoms with Gasteiger partial charge in [0.1, 0.15) is 5.75 Å². The summed E-state index contributed by atoms with van der Waals surface area (Å²) in [5, 5.41) is 0. The zero-order chi connectivity index (χ0) is 19.6. The summed E-state index contributed by atoms with van der Waals surface area (Å²) in [5.74, 6) is 0.932. The lowest BCUT2D eigenvalue weighted by Crippen LogP contribution is -2.31. The maximum absolute atomic E-state index is 13.2. The van der Waals surface area contributed by atoms with E-state index in [9.17, 15) is 9.59 Å². The fraction of sp³-hybridized carbons (Fsp3) is 0.273. The third-order valence-corrected chi connectivity index (χ3v) is 5.16. The third kappa shape index (κ3) is 3.78. The van der Waals surface area contributed by atoms with Crippen molar-refractivity contribution in [1.29, 1.82) is 0 Å². The highest BCUT2D eigenvalue weighted by Gasteiger charge is 2.40. The number of benzene rings is 2.